The zero-order chi connectivity index (χ0) is 6.53. The minimum Gasteiger partial charge on any atom is -0.260 e. The van der Waals surface area contributed by atoms with E-state index in [9.17, 15) is 0 Å². The van der Waals surface area contributed by atoms with Crippen LogP contribution in [0.15, 0.2) is 18.6 Å². The monoisotopic (exact) mass is 182 g/mol. The Kier molecular flexibility index (Phi) is 2.22. The van der Waals surface area contributed by atoms with Crippen LogP contribution in [0.1, 0.15) is 5.69 Å². The van der Waals surface area contributed by atoms with Crippen molar-refractivity contribution in [2.24, 2.45) is 0 Å². The highest BCUT2D eigenvalue weighted by Gasteiger charge is 1.80. The van der Waals surface area contributed by atoms with Gasteiger partial charge in [0.05, 0.1) is 6.20 Å². The lowest BCUT2D eigenvalue weighted by molar-refractivity contribution is 1.17. The largest absolute Gasteiger partial charge is 0.260 e. The summed E-state index contributed by atoms with van der Waals surface area (Å²) in [6.45, 7) is 0. The Hall–Kier alpha value is -0.880. The van der Waals surface area contributed by atoms with Crippen LogP contribution in [0.25, 0.3) is 0 Å². The molecule has 0 aromatic carbocycles. The van der Waals surface area contributed by atoms with Crippen molar-refractivity contribution in [2.45, 2.75) is 0 Å². The third-order valence-electron chi connectivity index (χ3n) is 0.738. The maximum absolute atomic E-state index is 3.90. The van der Waals surface area contributed by atoms with Gasteiger partial charge in [-0.05, 0) is 10.8 Å². The molecule has 0 amide bonds. The molecule has 0 radical (unpaired) electrons. The lowest BCUT2D eigenvalue weighted by atomic mass is 10.5. The Bertz CT molecular complexity index is 234. The number of nitrogens with zero attached hydrogens (tertiary/aromatic N) is 2. The Morgan fingerprint density at radius 3 is 2.89 bits per heavy atom. The Balaban J connectivity index is 2.94. The standard InChI is InChI=1S/C6H3BrN2/c7-2-1-6-5-8-3-4-9-6/h3-5H. The molecule has 9 heavy (non-hydrogen) atoms. The first-order valence-corrected chi connectivity index (χ1v) is 3.10. The fraction of sp³-hybridized carbons (Fsp3) is 0. The third-order valence-corrected chi connectivity index (χ3v) is 0.937. The first-order valence-electron chi connectivity index (χ1n) is 2.31. The van der Waals surface area contributed by atoms with E-state index in [-0.39, 0.29) is 0 Å². The average Bonchev–Trinajstić information content (AvgIpc) is 1.91. The van der Waals surface area contributed by atoms with Gasteiger partial charge >= 0.3 is 0 Å². The highest BCUT2D eigenvalue weighted by atomic mass is 79.9. The van der Waals surface area contributed by atoms with Crippen LogP contribution in [0, 0.1) is 10.8 Å². The van der Waals surface area contributed by atoms with Gasteiger partial charge in [0, 0.05) is 28.3 Å². The van der Waals surface area contributed by atoms with E-state index in [0.29, 0.717) is 5.69 Å². The fourth-order valence-corrected chi connectivity index (χ4v) is 0.615. The molecule has 0 fully saturated rings. The van der Waals surface area contributed by atoms with Crippen molar-refractivity contribution in [3.8, 4) is 10.8 Å². The highest BCUT2D eigenvalue weighted by Crippen LogP contribution is 1.85. The van der Waals surface area contributed by atoms with Gasteiger partial charge in [0.25, 0.3) is 0 Å². The van der Waals surface area contributed by atoms with E-state index in [0.717, 1.165) is 0 Å². The van der Waals surface area contributed by atoms with Crippen molar-refractivity contribution in [1.82, 2.24) is 9.97 Å². The predicted molar refractivity (Wildman–Crippen MR) is 37.8 cm³/mol. The molecule has 0 aliphatic heterocycles. The van der Waals surface area contributed by atoms with Gasteiger partial charge in [0.2, 0.25) is 0 Å². The van der Waals surface area contributed by atoms with E-state index in [1.807, 2.05) is 0 Å². The number of aromatic nitrogens is 2. The molecule has 1 heterocycles. The van der Waals surface area contributed by atoms with Crippen LogP contribution in [-0.4, -0.2) is 9.97 Å². The summed E-state index contributed by atoms with van der Waals surface area (Å²) in [5, 5.41) is 0. The molecule has 0 bridgehead atoms. The molecule has 1 rings (SSSR count). The average molecular weight is 183 g/mol. The summed E-state index contributed by atoms with van der Waals surface area (Å²) >= 11 is 2.96. The van der Waals surface area contributed by atoms with E-state index in [2.05, 4.69) is 36.6 Å². The van der Waals surface area contributed by atoms with Crippen molar-refractivity contribution >= 4 is 15.9 Å². The van der Waals surface area contributed by atoms with Crippen LogP contribution < -0.4 is 0 Å². The van der Waals surface area contributed by atoms with E-state index in [1.54, 1.807) is 18.6 Å². The van der Waals surface area contributed by atoms with Gasteiger partial charge in [-0.1, -0.05) is 0 Å². The smallest absolute Gasteiger partial charge is 0.132 e. The van der Waals surface area contributed by atoms with Gasteiger partial charge in [0.15, 0.2) is 0 Å². The van der Waals surface area contributed by atoms with Crippen LogP contribution >= 0.6 is 15.9 Å². The number of hydrogen-bond acceptors (Lipinski definition) is 2. The highest BCUT2D eigenvalue weighted by molar-refractivity contribution is 9.12. The van der Waals surface area contributed by atoms with Crippen LogP contribution in [0.5, 0.6) is 0 Å². The first kappa shape index (κ1) is 6.24. The number of rotatable bonds is 0. The first-order chi connectivity index (χ1) is 4.43. The predicted octanol–water partition coefficient (Wildman–Crippen LogP) is 1.18. The summed E-state index contributed by atoms with van der Waals surface area (Å²) in [6, 6.07) is 0. The summed E-state index contributed by atoms with van der Waals surface area (Å²) in [6.07, 6.45) is 4.82. The van der Waals surface area contributed by atoms with Crippen LogP contribution in [-0.2, 0) is 0 Å². The zero-order valence-corrected chi connectivity index (χ0v) is 6.09. The lowest BCUT2D eigenvalue weighted by Gasteiger charge is -1.81. The van der Waals surface area contributed by atoms with E-state index >= 15 is 0 Å². The molecule has 0 aliphatic carbocycles. The normalized spacial score (nSPS) is 7.67. The molecule has 0 unspecified atom stereocenters. The van der Waals surface area contributed by atoms with Crippen LogP contribution in [0.4, 0.5) is 0 Å². The molecular formula is C6H3BrN2. The van der Waals surface area contributed by atoms with Crippen molar-refractivity contribution in [2.75, 3.05) is 0 Å². The molecule has 1 aromatic heterocycles. The van der Waals surface area contributed by atoms with Gasteiger partial charge in [-0.2, -0.15) is 0 Å². The van der Waals surface area contributed by atoms with Crippen molar-refractivity contribution in [1.29, 1.82) is 0 Å². The molecule has 1 aromatic rings. The lowest BCUT2D eigenvalue weighted by Crippen LogP contribution is -1.80. The molecule has 44 valence electrons. The van der Waals surface area contributed by atoms with Gasteiger partial charge in [-0.25, -0.2) is 4.98 Å². The van der Waals surface area contributed by atoms with Gasteiger partial charge < -0.3 is 0 Å². The van der Waals surface area contributed by atoms with E-state index in [1.165, 1.54) is 0 Å². The van der Waals surface area contributed by atoms with Crippen LogP contribution in [0.3, 0.4) is 0 Å². The molecule has 0 N–H and O–H groups in total. The molecule has 0 aliphatic rings. The second-order valence-electron chi connectivity index (χ2n) is 1.31. The Morgan fingerprint density at radius 1 is 1.44 bits per heavy atom. The Labute approximate surface area is 61.5 Å². The van der Waals surface area contributed by atoms with Gasteiger partial charge in [0.1, 0.15) is 5.69 Å². The van der Waals surface area contributed by atoms with E-state index in [4.69, 9.17) is 0 Å². The van der Waals surface area contributed by atoms with Crippen molar-refractivity contribution < 1.29 is 0 Å². The Morgan fingerprint density at radius 2 is 2.33 bits per heavy atom. The van der Waals surface area contributed by atoms with Gasteiger partial charge in [-0.15, -0.1) is 0 Å². The molecule has 0 spiro atoms. The minimum absolute atomic E-state index is 0.675. The maximum Gasteiger partial charge on any atom is 0.132 e. The topological polar surface area (TPSA) is 25.8 Å². The maximum atomic E-state index is 3.90. The second-order valence-corrected chi connectivity index (χ2v) is 1.71. The second kappa shape index (κ2) is 3.21. The SMILES string of the molecule is BrC#Cc1cnccn1. The van der Waals surface area contributed by atoms with E-state index < -0.39 is 0 Å². The van der Waals surface area contributed by atoms with Crippen molar-refractivity contribution in [3.05, 3.63) is 24.3 Å². The molecule has 0 saturated heterocycles. The minimum atomic E-state index is 0.675. The summed E-state index contributed by atoms with van der Waals surface area (Å²) in [4.78, 5) is 10.3. The summed E-state index contributed by atoms with van der Waals surface area (Å²) in [5.41, 5.74) is 0.675. The summed E-state index contributed by atoms with van der Waals surface area (Å²) < 4.78 is 0. The number of hydrogen-bond donors (Lipinski definition) is 0. The molecule has 2 nitrogen and oxygen atoms in total. The number of halogens is 1. The van der Waals surface area contributed by atoms with Gasteiger partial charge in [-0.3, -0.25) is 4.98 Å². The summed E-state index contributed by atoms with van der Waals surface area (Å²) in [7, 11) is 0. The van der Waals surface area contributed by atoms with Crippen molar-refractivity contribution in [3.63, 3.8) is 0 Å². The fourth-order valence-electron chi connectivity index (χ4n) is 0.412. The molecule has 0 saturated carbocycles. The zero-order valence-electron chi connectivity index (χ0n) is 4.50. The quantitative estimate of drug-likeness (QED) is 0.564. The molecule has 0 atom stereocenters. The third kappa shape index (κ3) is 1.82. The molecular weight excluding hydrogens is 180 g/mol. The molecule has 3 heteroatoms. The van der Waals surface area contributed by atoms with Crippen LogP contribution in [0.2, 0.25) is 0 Å². The summed E-state index contributed by atoms with van der Waals surface area (Å²) in [5.74, 6) is 2.70.